The van der Waals surface area contributed by atoms with E-state index in [0.717, 1.165) is 55.1 Å². The highest BCUT2D eigenvalue weighted by molar-refractivity contribution is 5.98. The standard InChI is InChI=1S/C20H21N5O2/c26-20(17-11-14-3-1-2-4-16(14)23-17)25-6-5-15-18(12-25)21-13-22-19(15)24-7-9-27-10-8-24/h1-4,11,13,23H,5-10,12H2. The minimum Gasteiger partial charge on any atom is -0.378 e. The number of nitrogens with zero attached hydrogens (tertiary/aromatic N) is 4. The zero-order chi connectivity index (χ0) is 18.2. The molecular weight excluding hydrogens is 342 g/mol. The summed E-state index contributed by atoms with van der Waals surface area (Å²) >= 11 is 0. The van der Waals surface area contributed by atoms with E-state index in [0.29, 0.717) is 18.8 Å². The molecule has 3 aromatic rings. The molecule has 27 heavy (non-hydrogen) atoms. The van der Waals surface area contributed by atoms with Gasteiger partial charge in [-0.15, -0.1) is 0 Å². The average molecular weight is 363 g/mol. The fourth-order valence-corrected chi connectivity index (χ4v) is 3.92. The molecule has 5 rings (SSSR count). The first kappa shape index (κ1) is 16.3. The minimum absolute atomic E-state index is 0.0170. The Morgan fingerprint density at radius 3 is 2.81 bits per heavy atom. The summed E-state index contributed by atoms with van der Waals surface area (Å²) in [5.74, 6) is 1.02. The molecule has 2 aliphatic heterocycles. The van der Waals surface area contributed by atoms with Gasteiger partial charge < -0.3 is 19.5 Å². The molecule has 1 aromatic carbocycles. The van der Waals surface area contributed by atoms with Crippen LogP contribution in [0.3, 0.4) is 0 Å². The maximum atomic E-state index is 13.0. The molecule has 0 aliphatic carbocycles. The molecule has 2 aliphatic rings. The van der Waals surface area contributed by atoms with E-state index in [9.17, 15) is 4.79 Å². The Kier molecular flexibility index (Phi) is 4.01. The third-order valence-electron chi connectivity index (χ3n) is 5.34. The van der Waals surface area contributed by atoms with E-state index < -0.39 is 0 Å². The zero-order valence-corrected chi connectivity index (χ0v) is 15.0. The normalized spacial score (nSPS) is 17.2. The molecule has 7 nitrogen and oxygen atoms in total. The molecule has 138 valence electrons. The number of nitrogens with one attached hydrogen (secondary N) is 1. The van der Waals surface area contributed by atoms with E-state index in [-0.39, 0.29) is 5.91 Å². The molecule has 0 bridgehead atoms. The Morgan fingerprint density at radius 1 is 1.11 bits per heavy atom. The van der Waals surface area contributed by atoms with E-state index in [1.54, 1.807) is 6.33 Å². The predicted octanol–water partition coefficient (Wildman–Crippen LogP) is 1.99. The SMILES string of the molecule is O=C(c1cc2ccccc2[nH]1)N1CCc2c(ncnc2N2CCOCC2)C1. The summed E-state index contributed by atoms with van der Waals surface area (Å²) in [5.41, 5.74) is 3.72. The molecule has 4 heterocycles. The Morgan fingerprint density at radius 2 is 1.96 bits per heavy atom. The van der Waals surface area contributed by atoms with Gasteiger partial charge in [-0.05, 0) is 18.6 Å². The summed E-state index contributed by atoms with van der Waals surface area (Å²) in [7, 11) is 0. The number of ether oxygens (including phenoxy) is 1. The number of anilines is 1. The fraction of sp³-hybridized carbons (Fsp3) is 0.350. The van der Waals surface area contributed by atoms with E-state index in [2.05, 4.69) is 19.9 Å². The topological polar surface area (TPSA) is 74.4 Å². The maximum Gasteiger partial charge on any atom is 0.270 e. The highest BCUT2D eigenvalue weighted by Gasteiger charge is 2.27. The number of carbonyl (C=O) groups is 1. The Labute approximate surface area is 157 Å². The zero-order valence-electron chi connectivity index (χ0n) is 15.0. The van der Waals surface area contributed by atoms with Gasteiger partial charge in [-0.25, -0.2) is 9.97 Å². The number of aromatic amines is 1. The van der Waals surface area contributed by atoms with Crippen molar-refractivity contribution in [2.24, 2.45) is 0 Å². The van der Waals surface area contributed by atoms with E-state index in [4.69, 9.17) is 4.74 Å². The number of aromatic nitrogens is 3. The predicted molar refractivity (Wildman–Crippen MR) is 102 cm³/mol. The van der Waals surface area contributed by atoms with Crippen molar-refractivity contribution in [2.75, 3.05) is 37.7 Å². The molecule has 0 spiro atoms. The highest BCUT2D eigenvalue weighted by atomic mass is 16.5. The quantitative estimate of drug-likeness (QED) is 0.754. The van der Waals surface area contributed by atoms with Crippen LogP contribution in [0.1, 0.15) is 21.7 Å². The number of rotatable bonds is 2. The minimum atomic E-state index is 0.0170. The van der Waals surface area contributed by atoms with Gasteiger partial charge in [0.15, 0.2) is 0 Å². The lowest BCUT2D eigenvalue weighted by atomic mass is 10.0. The van der Waals surface area contributed by atoms with Gasteiger partial charge >= 0.3 is 0 Å². The molecule has 0 atom stereocenters. The smallest absolute Gasteiger partial charge is 0.270 e. The summed E-state index contributed by atoms with van der Waals surface area (Å²) in [4.78, 5) is 29.3. The molecule has 1 fully saturated rings. The van der Waals surface area contributed by atoms with Gasteiger partial charge in [-0.3, -0.25) is 4.79 Å². The molecule has 0 saturated carbocycles. The van der Waals surface area contributed by atoms with Crippen LogP contribution in [0.2, 0.25) is 0 Å². The molecule has 1 N–H and O–H groups in total. The van der Waals surface area contributed by atoms with E-state index >= 15 is 0 Å². The van der Waals surface area contributed by atoms with Gasteiger partial charge in [0.1, 0.15) is 17.8 Å². The number of benzene rings is 1. The molecule has 2 aromatic heterocycles. The maximum absolute atomic E-state index is 13.0. The van der Waals surface area contributed by atoms with Crippen LogP contribution < -0.4 is 4.90 Å². The Hall–Kier alpha value is -2.93. The number of hydrogen-bond acceptors (Lipinski definition) is 5. The highest BCUT2D eigenvalue weighted by Crippen LogP contribution is 2.27. The summed E-state index contributed by atoms with van der Waals surface area (Å²) in [6, 6.07) is 9.86. The van der Waals surface area contributed by atoms with Crippen molar-refractivity contribution in [1.82, 2.24) is 19.9 Å². The first-order valence-electron chi connectivity index (χ1n) is 9.32. The molecule has 1 saturated heterocycles. The van der Waals surface area contributed by atoms with Gasteiger partial charge in [0.25, 0.3) is 5.91 Å². The van der Waals surface area contributed by atoms with Crippen LogP contribution in [-0.2, 0) is 17.7 Å². The number of morpholine rings is 1. The first-order chi connectivity index (χ1) is 13.3. The largest absolute Gasteiger partial charge is 0.378 e. The summed E-state index contributed by atoms with van der Waals surface area (Å²) in [6.45, 7) is 4.34. The van der Waals surface area contributed by atoms with Gasteiger partial charge in [0, 0.05) is 36.1 Å². The van der Waals surface area contributed by atoms with Crippen molar-refractivity contribution in [2.45, 2.75) is 13.0 Å². The van der Waals surface area contributed by atoms with Crippen molar-refractivity contribution < 1.29 is 9.53 Å². The number of carbonyl (C=O) groups excluding carboxylic acids is 1. The summed E-state index contributed by atoms with van der Waals surface area (Å²) in [6.07, 6.45) is 2.38. The number of H-pyrrole nitrogens is 1. The lowest BCUT2D eigenvalue weighted by Crippen LogP contribution is -2.40. The lowest BCUT2D eigenvalue weighted by Gasteiger charge is -2.33. The fourth-order valence-electron chi connectivity index (χ4n) is 3.92. The molecular formula is C20H21N5O2. The van der Waals surface area contributed by atoms with E-state index in [1.165, 1.54) is 5.56 Å². The van der Waals surface area contributed by atoms with Crippen LogP contribution in [0, 0.1) is 0 Å². The molecule has 1 amide bonds. The summed E-state index contributed by atoms with van der Waals surface area (Å²) in [5, 5.41) is 1.05. The van der Waals surface area contributed by atoms with E-state index in [1.807, 2.05) is 35.2 Å². The lowest BCUT2D eigenvalue weighted by molar-refractivity contribution is 0.0726. The van der Waals surface area contributed by atoms with Crippen molar-refractivity contribution in [1.29, 1.82) is 0 Å². The second-order valence-corrected chi connectivity index (χ2v) is 6.97. The van der Waals surface area contributed by atoms with Crippen LogP contribution in [-0.4, -0.2) is 58.6 Å². The van der Waals surface area contributed by atoms with Crippen LogP contribution >= 0.6 is 0 Å². The van der Waals surface area contributed by atoms with Crippen molar-refractivity contribution >= 4 is 22.6 Å². The Bertz CT molecular complexity index is 960. The monoisotopic (exact) mass is 363 g/mol. The first-order valence-corrected chi connectivity index (χ1v) is 9.32. The van der Waals surface area contributed by atoms with Gasteiger partial charge in [0.2, 0.25) is 0 Å². The molecule has 0 radical (unpaired) electrons. The second-order valence-electron chi connectivity index (χ2n) is 6.97. The number of amides is 1. The van der Waals surface area contributed by atoms with Gasteiger partial charge in [-0.2, -0.15) is 0 Å². The third-order valence-corrected chi connectivity index (χ3v) is 5.34. The van der Waals surface area contributed by atoms with Crippen molar-refractivity contribution in [3.63, 3.8) is 0 Å². The second kappa shape index (κ2) is 6.66. The molecule has 7 heteroatoms. The van der Waals surface area contributed by atoms with Crippen molar-refractivity contribution in [3.8, 4) is 0 Å². The number of hydrogen-bond donors (Lipinski definition) is 1. The van der Waals surface area contributed by atoms with Crippen molar-refractivity contribution in [3.05, 3.63) is 53.6 Å². The van der Waals surface area contributed by atoms with Crippen LogP contribution in [0.4, 0.5) is 5.82 Å². The number of fused-ring (bicyclic) bond motifs is 2. The van der Waals surface area contributed by atoms with Crippen LogP contribution in [0.15, 0.2) is 36.7 Å². The van der Waals surface area contributed by atoms with Gasteiger partial charge in [-0.1, -0.05) is 18.2 Å². The Balaban J connectivity index is 1.40. The third kappa shape index (κ3) is 2.94. The molecule has 0 unspecified atom stereocenters. The average Bonchev–Trinajstić information content (AvgIpc) is 3.17. The summed E-state index contributed by atoms with van der Waals surface area (Å²) < 4.78 is 5.45. The van der Waals surface area contributed by atoms with Crippen LogP contribution in [0.25, 0.3) is 10.9 Å². The number of para-hydroxylation sites is 1. The van der Waals surface area contributed by atoms with Gasteiger partial charge in [0.05, 0.1) is 25.5 Å². The van der Waals surface area contributed by atoms with Crippen LogP contribution in [0.5, 0.6) is 0 Å².